The lowest BCUT2D eigenvalue weighted by atomic mass is 10.2. The summed E-state index contributed by atoms with van der Waals surface area (Å²) in [6, 6.07) is 8.48. The molecule has 74 valence electrons. The summed E-state index contributed by atoms with van der Waals surface area (Å²) in [5, 5.41) is 3.11. The van der Waals surface area contributed by atoms with Gasteiger partial charge in [0.25, 0.3) is 0 Å². The Morgan fingerprint density at radius 3 is 2.93 bits per heavy atom. The molecule has 3 nitrogen and oxygen atoms in total. The lowest BCUT2D eigenvalue weighted by Gasteiger charge is -2.20. The molecule has 3 heteroatoms. The molecule has 1 aliphatic rings. The summed E-state index contributed by atoms with van der Waals surface area (Å²) in [6.45, 7) is 1.02. The smallest absolute Gasteiger partial charge is 0.197 e. The molecular weight excluding hydrogens is 174 g/mol. The zero-order chi connectivity index (χ0) is 9.97. The van der Waals surface area contributed by atoms with Gasteiger partial charge in [-0.25, -0.2) is 0 Å². The third-order valence-corrected chi connectivity index (χ3v) is 2.58. The van der Waals surface area contributed by atoms with E-state index in [1.54, 1.807) is 0 Å². The van der Waals surface area contributed by atoms with Crippen LogP contribution >= 0.6 is 0 Å². The molecule has 0 aliphatic carbocycles. The molecule has 1 aromatic rings. The van der Waals surface area contributed by atoms with E-state index in [1.807, 2.05) is 14.1 Å². The normalized spacial score (nSPS) is 15.6. The molecule has 1 heterocycles. The highest BCUT2D eigenvalue weighted by Gasteiger charge is 2.21. The Labute approximate surface area is 84.5 Å². The maximum Gasteiger partial charge on any atom is 0.197 e. The van der Waals surface area contributed by atoms with Gasteiger partial charge in [-0.15, -0.1) is 0 Å². The van der Waals surface area contributed by atoms with Crippen LogP contribution in [-0.2, 0) is 6.42 Å². The zero-order valence-electron chi connectivity index (χ0n) is 8.62. The number of hydrogen-bond acceptors (Lipinski definition) is 1. The second-order valence-electron chi connectivity index (χ2n) is 3.33. The van der Waals surface area contributed by atoms with E-state index in [1.165, 1.54) is 11.3 Å². The Balaban J connectivity index is 2.34. The number of fused-ring (bicyclic) bond motifs is 1. The van der Waals surface area contributed by atoms with Crippen LogP contribution in [0.4, 0.5) is 5.69 Å². The third kappa shape index (κ3) is 1.35. The van der Waals surface area contributed by atoms with Crippen molar-refractivity contribution in [1.82, 2.24) is 5.32 Å². The van der Waals surface area contributed by atoms with Gasteiger partial charge >= 0.3 is 0 Å². The number of benzene rings is 1. The predicted octanol–water partition coefficient (Wildman–Crippen LogP) is 1.25. The number of para-hydroxylation sites is 1. The van der Waals surface area contributed by atoms with Gasteiger partial charge in [-0.3, -0.25) is 4.99 Å². The molecule has 0 aromatic heterocycles. The van der Waals surface area contributed by atoms with Gasteiger partial charge in [0.2, 0.25) is 0 Å². The van der Waals surface area contributed by atoms with Crippen LogP contribution in [-0.4, -0.2) is 26.6 Å². The zero-order valence-corrected chi connectivity index (χ0v) is 8.62. The quantitative estimate of drug-likeness (QED) is 0.491. The molecule has 0 radical (unpaired) electrons. The highest BCUT2D eigenvalue weighted by Crippen LogP contribution is 2.26. The minimum atomic E-state index is 0.940. The van der Waals surface area contributed by atoms with Crippen molar-refractivity contribution in [2.75, 3.05) is 25.5 Å². The van der Waals surface area contributed by atoms with Crippen molar-refractivity contribution >= 4 is 11.6 Å². The van der Waals surface area contributed by atoms with E-state index < -0.39 is 0 Å². The van der Waals surface area contributed by atoms with Crippen LogP contribution in [0.1, 0.15) is 5.56 Å². The number of aliphatic imine (C=N–C) groups is 1. The van der Waals surface area contributed by atoms with Gasteiger partial charge in [0.1, 0.15) is 0 Å². The first kappa shape index (κ1) is 9.06. The van der Waals surface area contributed by atoms with E-state index in [9.17, 15) is 0 Å². The Kier molecular flexibility index (Phi) is 2.39. The summed E-state index contributed by atoms with van der Waals surface area (Å²) in [5.41, 5.74) is 2.69. The topological polar surface area (TPSA) is 27.6 Å². The number of nitrogens with zero attached hydrogens (tertiary/aromatic N) is 2. The molecule has 14 heavy (non-hydrogen) atoms. The highest BCUT2D eigenvalue weighted by molar-refractivity contribution is 5.97. The lowest BCUT2D eigenvalue weighted by Crippen LogP contribution is -2.38. The van der Waals surface area contributed by atoms with Gasteiger partial charge in [-0.05, 0) is 18.1 Å². The summed E-state index contributed by atoms with van der Waals surface area (Å²) in [7, 11) is 3.72. The molecule has 0 fully saturated rings. The van der Waals surface area contributed by atoms with Crippen LogP contribution < -0.4 is 10.2 Å². The van der Waals surface area contributed by atoms with Crippen LogP contribution in [0.3, 0.4) is 0 Å². The fourth-order valence-electron chi connectivity index (χ4n) is 1.93. The molecule has 0 amide bonds. The van der Waals surface area contributed by atoms with Crippen LogP contribution in [0.2, 0.25) is 0 Å². The first-order valence-electron chi connectivity index (χ1n) is 4.87. The third-order valence-electron chi connectivity index (χ3n) is 2.58. The average molecular weight is 189 g/mol. The number of anilines is 1. The van der Waals surface area contributed by atoms with Crippen molar-refractivity contribution in [3.8, 4) is 0 Å². The molecule has 0 spiro atoms. The SMILES string of the molecule is CN=C(NC)N1CCc2ccccc21. The first-order valence-corrected chi connectivity index (χ1v) is 4.87. The van der Waals surface area contributed by atoms with E-state index in [2.05, 4.69) is 39.5 Å². The minimum absolute atomic E-state index is 0.940. The monoisotopic (exact) mass is 189 g/mol. The van der Waals surface area contributed by atoms with Crippen LogP contribution in [0.15, 0.2) is 29.3 Å². The van der Waals surface area contributed by atoms with Crippen molar-refractivity contribution in [2.24, 2.45) is 4.99 Å². The fraction of sp³-hybridized carbons (Fsp3) is 0.364. The molecule has 0 bridgehead atoms. The van der Waals surface area contributed by atoms with Crippen molar-refractivity contribution in [1.29, 1.82) is 0 Å². The first-order chi connectivity index (χ1) is 6.86. The van der Waals surface area contributed by atoms with Crippen molar-refractivity contribution in [3.05, 3.63) is 29.8 Å². The Morgan fingerprint density at radius 2 is 2.21 bits per heavy atom. The van der Waals surface area contributed by atoms with E-state index in [-0.39, 0.29) is 0 Å². The van der Waals surface area contributed by atoms with Gasteiger partial charge in [0.15, 0.2) is 5.96 Å². The van der Waals surface area contributed by atoms with Crippen molar-refractivity contribution in [2.45, 2.75) is 6.42 Å². The molecule has 0 saturated heterocycles. The number of guanidine groups is 1. The number of rotatable bonds is 0. The van der Waals surface area contributed by atoms with Crippen LogP contribution in [0.25, 0.3) is 0 Å². The second-order valence-corrected chi connectivity index (χ2v) is 3.33. The summed E-state index contributed by atoms with van der Waals surface area (Å²) in [5.74, 6) is 0.940. The summed E-state index contributed by atoms with van der Waals surface area (Å²) in [4.78, 5) is 6.44. The maximum absolute atomic E-state index is 4.22. The van der Waals surface area contributed by atoms with Crippen molar-refractivity contribution in [3.63, 3.8) is 0 Å². The van der Waals surface area contributed by atoms with Crippen LogP contribution in [0, 0.1) is 0 Å². The van der Waals surface area contributed by atoms with Crippen LogP contribution in [0.5, 0.6) is 0 Å². The largest absolute Gasteiger partial charge is 0.359 e. The van der Waals surface area contributed by atoms with Crippen molar-refractivity contribution < 1.29 is 0 Å². The van der Waals surface area contributed by atoms with Gasteiger partial charge in [-0.1, -0.05) is 18.2 Å². The molecule has 0 atom stereocenters. The molecule has 1 aromatic carbocycles. The Bertz CT molecular complexity index is 357. The summed E-state index contributed by atoms with van der Waals surface area (Å²) in [6.07, 6.45) is 1.11. The number of nitrogens with one attached hydrogen (secondary N) is 1. The van der Waals surface area contributed by atoms with E-state index in [4.69, 9.17) is 0 Å². The maximum atomic E-state index is 4.22. The van der Waals surface area contributed by atoms with Gasteiger partial charge in [0.05, 0.1) is 0 Å². The molecular formula is C11H15N3. The van der Waals surface area contributed by atoms with E-state index >= 15 is 0 Å². The molecule has 0 unspecified atom stereocenters. The fourth-order valence-corrected chi connectivity index (χ4v) is 1.93. The van der Waals surface area contributed by atoms with Gasteiger partial charge < -0.3 is 10.2 Å². The van der Waals surface area contributed by atoms with Gasteiger partial charge in [-0.2, -0.15) is 0 Å². The molecule has 1 aliphatic heterocycles. The summed E-state index contributed by atoms with van der Waals surface area (Å²) >= 11 is 0. The Morgan fingerprint density at radius 1 is 1.43 bits per heavy atom. The molecule has 1 N–H and O–H groups in total. The molecule has 0 saturated carbocycles. The van der Waals surface area contributed by atoms with E-state index in [0.717, 1.165) is 18.9 Å². The van der Waals surface area contributed by atoms with E-state index in [0.29, 0.717) is 0 Å². The van der Waals surface area contributed by atoms with Gasteiger partial charge in [0, 0.05) is 26.3 Å². The predicted molar refractivity (Wildman–Crippen MR) is 59.9 cm³/mol. The molecule has 2 rings (SSSR count). The highest BCUT2D eigenvalue weighted by atomic mass is 15.3. The summed E-state index contributed by atoms with van der Waals surface area (Å²) < 4.78 is 0. The number of hydrogen-bond donors (Lipinski definition) is 1. The Hall–Kier alpha value is -1.51. The minimum Gasteiger partial charge on any atom is -0.359 e. The standard InChI is InChI=1S/C11H15N3/c1-12-11(13-2)14-8-7-9-5-3-4-6-10(9)14/h3-6H,7-8H2,1-2H3,(H,12,13). The average Bonchev–Trinajstić information content (AvgIpc) is 2.65. The second kappa shape index (κ2) is 3.70. The lowest BCUT2D eigenvalue weighted by molar-refractivity contribution is 0.969.